The van der Waals surface area contributed by atoms with Gasteiger partial charge < -0.3 is 0 Å². The molecule has 7 heteroatoms. The molecule has 24 heavy (non-hydrogen) atoms. The summed E-state index contributed by atoms with van der Waals surface area (Å²) in [4.78, 5) is 1.58. The van der Waals surface area contributed by atoms with Crippen molar-refractivity contribution >= 4 is 34.1 Å². The third-order valence-electron chi connectivity index (χ3n) is 4.00. The van der Waals surface area contributed by atoms with Crippen molar-refractivity contribution in [2.24, 2.45) is 7.05 Å². The van der Waals surface area contributed by atoms with E-state index in [0.717, 1.165) is 33.4 Å². The summed E-state index contributed by atoms with van der Waals surface area (Å²) in [6, 6.07) is 9.56. The van der Waals surface area contributed by atoms with Gasteiger partial charge in [-0.3, -0.25) is 0 Å². The van der Waals surface area contributed by atoms with Gasteiger partial charge in [0.05, 0.1) is 17.8 Å². The maximum atomic E-state index is 6.40. The van der Waals surface area contributed by atoms with Crippen LogP contribution in [0.4, 0.5) is 0 Å². The van der Waals surface area contributed by atoms with Gasteiger partial charge in [0.15, 0.2) is 5.82 Å². The van der Waals surface area contributed by atoms with Gasteiger partial charge in [0.25, 0.3) is 0 Å². The Morgan fingerprint density at radius 3 is 2.38 bits per heavy atom. The van der Waals surface area contributed by atoms with E-state index in [1.807, 2.05) is 32.2 Å². The van der Waals surface area contributed by atoms with Crippen molar-refractivity contribution in [2.75, 3.05) is 0 Å². The number of fused-ring (bicyclic) bond motifs is 1. The molecule has 2 aromatic heterocycles. The quantitative estimate of drug-likeness (QED) is 0.532. The molecule has 5 nitrogen and oxygen atoms in total. The van der Waals surface area contributed by atoms with Crippen molar-refractivity contribution in [3.05, 3.63) is 58.3 Å². The Balaban J connectivity index is 2.06. The highest BCUT2D eigenvalue weighted by atomic mass is 35.5. The highest BCUT2D eigenvalue weighted by Crippen LogP contribution is 2.37. The number of hydrogen-bond acceptors (Lipinski definition) is 3. The summed E-state index contributed by atoms with van der Waals surface area (Å²) in [7, 11) is 1.88. The van der Waals surface area contributed by atoms with Crippen LogP contribution in [0.2, 0.25) is 10.0 Å². The van der Waals surface area contributed by atoms with Crippen molar-refractivity contribution in [1.29, 1.82) is 0 Å². The lowest BCUT2D eigenvalue weighted by atomic mass is 10.00. The average Bonchev–Trinajstić information content (AvgIpc) is 3.16. The van der Waals surface area contributed by atoms with Gasteiger partial charge >= 0.3 is 0 Å². The molecular formula is C17H13Cl2N5. The summed E-state index contributed by atoms with van der Waals surface area (Å²) in [5, 5.41) is 15.4. The van der Waals surface area contributed by atoms with E-state index in [1.54, 1.807) is 27.9 Å². The Morgan fingerprint density at radius 1 is 0.958 bits per heavy atom. The minimum atomic E-state index is 0.595. The predicted octanol–water partition coefficient (Wildman–Crippen LogP) is 4.44. The molecule has 0 atom stereocenters. The summed E-state index contributed by atoms with van der Waals surface area (Å²) >= 11 is 12.4. The van der Waals surface area contributed by atoms with Crippen molar-refractivity contribution in [3.8, 4) is 16.9 Å². The van der Waals surface area contributed by atoms with Gasteiger partial charge in [-0.25, -0.2) is 4.68 Å². The van der Waals surface area contributed by atoms with Crippen LogP contribution in [0.25, 0.3) is 27.8 Å². The summed E-state index contributed by atoms with van der Waals surface area (Å²) in [6.07, 6.45) is 3.29. The molecule has 0 radical (unpaired) electrons. The number of aromatic nitrogens is 5. The maximum Gasteiger partial charge on any atom is 0.180 e. The number of rotatable bonds is 2. The van der Waals surface area contributed by atoms with Crippen molar-refractivity contribution in [3.63, 3.8) is 0 Å². The van der Waals surface area contributed by atoms with Crippen LogP contribution < -0.4 is 0 Å². The van der Waals surface area contributed by atoms with Crippen molar-refractivity contribution < 1.29 is 0 Å². The van der Waals surface area contributed by atoms with Gasteiger partial charge in [-0.05, 0) is 24.6 Å². The van der Waals surface area contributed by atoms with Crippen molar-refractivity contribution in [2.45, 2.75) is 6.92 Å². The molecule has 0 aliphatic rings. The van der Waals surface area contributed by atoms with Crippen LogP contribution >= 0.6 is 23.2 Å². The van der Waals surface area contributed by atoms with E-state index in [1.165, 1.54) is 0 Å². The molecule has 0 unspecified atom stereocenters. The highest BCUT2D eigenvalue weighted by molar-refractivity contribution is 6.36. The molecule has 4 aromatic rings. The van der Waals surface area contributed by atoms with E-state index < -0.39 is 0 Å². The lowest BCUT2D eigenvalue weighted by Gasteiger charge is -2.08. The number of aryl methyl sites for hydroxylation is 2. The van der Waals surface area contributed by atoms with E-state index in [-0.39, 0.29) is 0 Å². The average molecular weight is 358 g/mol. The van der Waals surface area contributed by atoms with Crippen LogP contribution in [0, 0.1) is 6.92 Å². The minimum Gasteiger partial charge on any atom is -0.248 e. The first-order valence-electron chi connectivity index (χ1n) is 7.34. The number of benzene rings is 2. The molecule has 0 N–H and O–H groups in total. The van der Waals surface area contributed by atoms with Crippen molar-refractivity contribution in [1.82, 2.24) is 24.8 Å². The summed E-state index contributed by atoms with van der Waals surface area (Å²) in [6.45, 7) is 2.05. The second kappa shape index (κ2) is 5.61. The van der Waals surface area contributed by atoms with Gasteiger partial charge in [0.1, 0.15) is 5.52 Å². The first kappa shape index (κ1) is 15.2. The smallest absolute Gasteiger partial charge is 0.180 e. The molecule has 0 aliphatic heterocycles. The fraction of sp³-hybridized carbons (Fsp3) is 0.118. The normalized spacial score (nSPS) is 11.3. The molecule has 120 valence electrons. The SMILES string of the molecule is Cc1ccc(-c2ccc(Cl)cc2Cl)c2nn(C)c(-n3nccn3)c12. The van der Waals surface area contributed by atoms with Gasteiger partial charge in [-0.1, -0.05) is 41.4 Å². The Bertz CT molecular complexity index is 1050. The Labute approximate surface area is 148 Å². The van der Waals surface area contributed by atoms with Crippen LogP contribution in [0.3, 0.4) is 0 Å². The molecular weight excluding hydrogens is 345 g/mol. The van der Waals surface area contributed by atoms with Crippen LogP contribution in [0.5, 0.6) is 0 Å². The van der Waals surface area contributed by atoms with E-state index >= 15 is 0 Å². The summed E-state index contributed by atoms with van der Waals surface area (Å²) in [5.74, 6) is 0.819. The topological polar surface area (TPSA) is 48.5 Å². The zero-order valence-corrected chi connectivity index (χ0v) is 14.5. The Kier molecular flexibility index (Phi) is 3.55. The highest BCUT2D eigenvalue weighted by Gasteiger charge is 2.19. The van der Waals surface area contributed by atoms with Crippen LogP contribution in [-0.2, 0) is 7.05 Å². The number of halogens is 2. The monoisotopic (exact) mass is 357 g/mol. The first-order chi connectivity index (χ1) is 11.6. The van der Waals surface area contributed by atoms with E-state index in [0.29, 0.717) is 10.0 Å². The molecule has 0 saturated carbocycles. The minimum absolute atomic E-state index is 0.595. The maximum absolute atomic E-state index is 6.40. The van der Waals surface area contributed by atoms with E-state index in [9.17, 15) is 0 Å². The second-order valence-electron chi connectivity index (χ2n) is 5.54. The predicted molar refractivity (Wildman–Crippen MR) is 95.8 cm³/mol. The molecule has 0 fully saturated rings. The Hall–Kier alpha value is -2.37. The third kappa shape index (κ3) is 2.28. The largest absolute Gasteiger partial charge is 0.248 e. The van der Waals surface area contributed by atoms with Gasteiger partial charge in [0.2, 0.25) is 0 Å². The first-order valence-corrected chi connectivity index (χ1v) is 8.10. The van der Waals surface area contributed by atoms with Crippen LogP contribution in [0.15, 0.2) is 42.7 Å². The molecule has 0 aliphatic carbocycles. The molecule has 4 rings (SSSR count). The van der Waals surface area contributed by atoms with Gasteiger partial charge in [0, 0.05) is 28.2 Å². The molecule has 0 amide bonds. The molecule has 0 saturated heterocycles. The van der Waals surface area contributed by atoms with Gasteiger partial charge in [-0.2, -0.15) is 15.3 Å². The fourth-order valence-corrected chi connectivity index (χ4v) is 3.43. The lowest BCUT2D eigenvalue weighted by Crippen LogP contribution is -2.06. The fourth-order valence-electron chi connectivity index (χ4n) is 2.92. The zero-order valence-electron chi connectivity index (χ0n) is 13.0. The Morgan fingerprint density at radius 2 is 1.67 bits per heavy atom. The van der Waals surface area contributed by atoms with Gasteiger partial charge in [-0.15, -0.1) is 4.80 Å². The zero-order chi connectivity index (χ0) is 16.8. The van der Waals surface area contributed by atoms with E-state index in [2.05, 4.69) is 16.3 Å². The number of nitrogens with zero attached hydrogens (tertiary/aromatic N) is 5. The molecule has 0 spiro atoms. The molecule has 2 heterocycles. The molecule has 0 bridgehead atoms. The summed E-state index contributed by atoms with van der Waals surface area (Å²) < 4.78 is 1.78. The second-order valence-corrected chi connectivity index (χ2v) is 6.39. The standard InChI is InChI=1S/C17H13Cl2N5/c1-10-3-5-13(12-6-4-11(18)9-14(12)19)16-15(10)17(23(2)22-16)24-20-7-8-21-24/h3-9H,1-2H3. The number of hydrogen-bond donors (Lipinski definition) is 0. The lowest BCUT2D eigenvalue weighted by molar-refractivity contribution is 0.654. The summed E-state index contributed by atoms with van der Waals surface area (Å²) in [5.41, 5.74) is 3.80. The molecule has 2 aromatic carbocycles. The van der Waals surface area contributed by atoms with Crippen LogP contribution in [0.1, 0.15) is 5.56 Å². The van der Waals surface area contributed by atoms with Crippen LogP contribution in [-0.4, -0.2) is 24.8 Å². The van der Waals surface area contributed by atoms with E-state index in [4.69, 9.17) is 28.3 Å². The third-order valence-corrected chi connectivity index (χ3v) is 4.54.